The zero-order chi connectivity index (χ0) is 61.7. The van der Waals surface area contributed by atoms with Gasteiger partial charge in [0.2, 0.25) is 0 Å². The van der Waals surface area contributed by atoms with Gasteiger partial charge in [-0.1, -0.05) is 181 Å². The van der Waals surface area contributed by atoms with Crippen molar-refractivity contribution in [1.29, 1.82) is 0 Å². The van der Waals surface area contributed by atoms with Crippen LogP contribution in [0.25, 0.3) is 22.3 Å². The van der Waals surface area contributed by atoms with Crippen molar-refractivity contribution >= 4 is 74.1 Å². The van der Waals surface area contributed by atoms with Gasteiger partial charge in [0, 0.05) is 0 Å². The molecule has 0 spiro atoms. The summed E-state index contributed by atoms with van der Waals surface area (Å²) in [7, 11) is -3.13. The second-order valence-electron chi connectivity index (χ2n) is 22.2. The summed E-state index contributed by atoms with van der Waals surface area (Å²) < 4.78 is 0. The number of rotatable bonds is 14. The van der Waals surface area contributed by atoms with E-state index in [9.17, 15) is 0 Å². The monoisotopic (exact) mass is 2010 g/mol. The molecule has 0 amide bonds. The van der Waals surface area contributed by atoms with Crippen molar-refractivity contribution in [3.05, 3.63) is 386 Å². The third kappa shape index (κ3) is 19.8. The molecule has 0 saturated carbocycles. The molecule has 94 heavy (non-hydrogen) atoms. The second kappa shape index (κ2) is 38.9. The second-order valence-corrected chi connectivity index (χ2v) is 32.6. The van der Waals surface area contributed by atoms with Crippen LogP contribution in [-0.4, -0.2) is 24.6 Å². The van der Waals surface area contributed by atoms with Crippen LogP contribution in [0.1, 0.15) is 44.5 Å². The van der Waals surface area contributed by atoms with E-state index in [1.54, 1.807) is 0 Å². The van der Waals surface area contributed by atoms with Crippen molar-refractivity contribution in [2.45, 2.75) is 12.8 Å². The van der Waals surface area contributed by atoms with Gasteiger partial charge in [-0.15, -0.1) is 70.8 Å². The van der Waals surface area contributed by atoms with Gasteiger partial charge in [-0.05, 0) is 143 Å². The number of fused-ring (bicyclic) bond motifs is 6. The van der Waals surface area contributed by atoms with Crippen molar-refractivity contribution < 1.29 is 89.5 Å². The van der Waals surface area contributed by atoms with Gasteiger partial charge in [-0.2, -0.15) is 0 Å². The number of benzene rings is 12. The van der Waals surface area contributed by atoms with Gasteiger partial charge in [0.15, 0.2) is 0 Å². The van der Waals surface area contributed by atoms with Crippen molar-refractivity contribution in [2.24, 2.45) is 0 Å². The molecule has 0 fully saturated rings. The average molecular weight is 2010 g/mol. The van der Waals surface area contributed by atoms with Crippen LogP contribution in [0.2, 0.25) is 0 Å². The molecule has 472 valence electrons. The third-order valence-electron chi connectivity index (χ3n) is 16.6. The fourth-order valence-electron chi connectivity index (χ4n) is 12.1. The molecule has 14 rings (SSSR count). The molecule has 0 nitrogen and oxygen atoms in total. The summed E-state index contributed by atoms with van der Waals surface area (Å²) >= 11 is 0. The molecule has 2 aliphatic rings. The molecular formula is C86H68Au4P4+4. The maximum absolute atomic E-state index is 7.17. The van der Waals surface area contributed by atoms with Crippen LogP contribution in [0.3, 0.4) is 0 Å². The molecule has 0 bridgehead atoms. The predicted molar refractivity (Wildman–Crippen MR) is 396 cm³/mol. The van der Waals surface area contributed by atoms with Crippen molar-refractivity contribution in [3.63, 3.8) is 0 Å². The minimum Gasteiger partial charge on any atom is -0.366 e. The maximum atomic E-state index is 7.17. The van der Waals surface area contributed by atoms with E-state index in [4.69, 9.17) is 25.7 Å². The SMILES string of the molecule is [Au+].[Au+].[Au+].[Au+].[C-]#Cc1ccc2c(c1)Cc1ccc(C#[C-])cc1-2.[C-]#Cc1ccc2c(c1)Cc1ccc(C#[C-])cc1-2.c1ccc([PH+](CC[PH+](c2ccccc2)c2ccccc2)c2ccccc2)cc1.c1ccc([PH+](CC[PH+](c2ccccc2)c2ccccc2)c2ccccc2)cc1. The van der Waals surface area contributed by atoms with Crippen LogP contribution < -0.4 is 42.4 Å². The van der Waals surface area contributed by atoms with Crippen molar-refractivity contribution in [2.75, 3.05) is 24.6 Å². The molecular weight excluding hydrogens is 1940 g/mol. The van der Waals surface area contributed by atoms with Crippen molar-refractivity contribution in [1.82, 2.24) is 0 Å². The van der Waals surface area contributed by atoms with Crippen LogP contribution in [-0.2, 0) is 102 Å². The summed E-state index contributed by atoms with van der Waals surface area (Å²) in [6, 6.07) is 113. The molecule has 12 aromatic carbocycles. The van der Waals surface area contributed by atoms with Crippen LogP contribution in [0, 0.1) is 49.4 Å². The summed E-state index contributed by atoms with van der Waals surface area (Å²) in [4.78, 5) is 0. The minimum atomic E-state index is -0.783. The smallest absolute Gasteiger partial charge is 0.366 e. The van der Waals surface area contributed by atoms with E-state index >= 15 is 0 Å². The fourth-order valence-corrected chi connectivity index (χ4v) is 24.5. The van der Waals surface area contributed by atoms with Gasteiger partial charge in [-0.25, -0.2) is 0 Å². The Morgan fingerprint density at radius 3 is 0.606 bits per heavy atom. The Hall–Kier alpha value is -6.44. The molecule has 12 aromatic rings. The Morgan fingerprint density at radius 1 is 0.213 bits per heavy atom. The molecule has 0 aliphatic heterocycles. The predicted octanol–water partition coefficient (Wildman–Crippen LogP) is 15.7. The van der Waals surface area contributed by atoms with Gasteiger partial charge in [0.05, 0.1) is 74.1 Å². The third-order valence-corrected chi connectivity index (χ3v) is 28.8. The number of hydrogen-bond acceptors (Lipinski definition) is 0. The summed E-state index contributed by atoms with van der Waals surface area (Å²) in [5.74, 6) is 9.66. The molecule has 0 aromatic heterocycles. The van der Waals surface area contributed by atoms with E-state index in [1.165, 1.54) is 112 Å². The number of hydrogen-bond donors (Lipinski definition) is 0. The summed E-state index contributed by atoms with van der Waals surface area (Å²) in [5.41, 5.74) is 13.1. The zero-order valence-corrected chi connectivity index (χ0v) is 64.1. The summed E-state index contributed by atoms with van der Waals surface area (Å²) in [6.45, 7) is 0. The first kappa shape index (κ1) is 74.9. The van der Waals surface area contributed by atoms with Crippen LogP contribution in [0.5, 0.6) is 0 Å². The molecule has 8 heteroatoms. The first-order chi connectivity index (χ1) is 44.5. The molecule has 2 aliphatic carbocycles. The van der Waals surface area contributed by atoms with Gasteiger partial charge < -0.3 is 25.7 Å². The maximum Gasteiger partial charge on any atom is 1.00 e. The molecule has 0 unspecified atom stereocenters. The van der Waals surface area contributed by atoms with E-state index in [0.717, 1.165) is 35.1 Å². The topological polar surface area (TPSA) is 0 Å². The Morgan fingerprint density at radius 2 is 0.404 bits per heavy atom. The van der Waals surface area contributed by atoms with Crippen LogP contribution >= 0.6 is 31.7 Å². The Bertz CT molecular complexity index is 3860. The van der Waals surface area contributed by atoms with E-state index < -0.39 is 31.7 Å². The van der Waals surface area contributed by atoms with Crippen LogP contribution in [0.4, 0.5) is 0 Å². The standard InChI is InChI=1S/2C26H24P2.2C17H8.4Au/c2*1-5-13-23(14-6-1)27(24-15-7-2-8-16-24)21-22-28(25-17-9-3-10-18-25)26-19-11-4-12-20-26;2*1-3-12-6-8-16-15(9-12)11-14-7-5-13(4-2)10-17(14)16;;;;/h2*1-20H,21-22H2;2*5-10H,11H2;;;;/q;;2*-2;4*+1/p+4. The van der Waals surface area contributed by atoms with Gasteiger partial charge in [0.25, 0.3) is 0 Å². The summed E-state index contributed by atoms with van der Waals surface area (Å²) in [5, 5.41) is 12.1. The van der Waals surface area contributed by atoms with Crippen LogP contribution in [0.15, 0.2) is 315 Å². The van der Waals surface area contributed by atoms with Gasteiger partial charge in [0.1, 0.15) is 24.6 Å². The first-order valence-corrected chi connectivity index (χ1v) is 37.4. The van der Waals surface area contributed by atoms with E-state index in [0.29, 0.717) is 0 Å². The Kier molecular flexibility index (Phi) is 31.1. The normalized spacial score (nSPS) is 10.6. The summed E-state index contributed by atoms with van der Waals surface area (Å²) in [6.07, 6.45) is 35.5. The molecule has 0 heterocycles. The largest absolute Gasteiger partial charge is 1.00 e. The fraction of sp³-hybridized carbons (Fsp3) is 0.0698. The van der Waals surface area contributed by atoms with Gasteiger partial charge in [-0.3, -0.25) is 23.7 Å². The Balaban J connectivity index is 0.000000179. The van der Waals surface area contributed by atoms with E-state index in [2.05, 4.69) is 278 Å². The first-order valence-electron chi connectivity index (χ1n) is 30.6. The zero-order valence-electron chi connectivity index (χ0n) is 51.5. The quantitative estimate of drug-likeness (QED) is 0.0441. The molecule has 0 N–H and O–H groups in total. The van der Waals surface area contributed by atoms with Gasteiger partial charge >= 0.3 is 89.5 Å². The molecule has 0 saturated heterocycles. The van der Waals surface area contributed by atoms with Crippen molar-refractivity contribution in [3.8, 4) is 45.9 Å². The van der Waals surface area contributed by atoms with E-state index in [-0.39, 0.29) is 89.5 Å². The minimum absolute atomic E-state index is 0. The molecule has 0 atom stereocenters. The van der Waals surface area contributed by atoms with E-state index in [1.807, 2.05) is 60.7 Å². The Labute approximate surface area is 626 Å². The molecule has 0 radical (unpaired) electrons. The average Bonchev–Trinajstić information content (AvgIpc) is 1.63.